The molecule has 0 amide bonds. The number of ether oxygens (including phenoxy) is 1. The summed E-state index contributed by atoms with van der Waals surface area (Å²) in [5.74, 6) is 0.236. The summed E-state index contributed by atoms with van der Waals surface area (Å²) < 4.78 is 47.3. The normalized spacial score (nSPS) is 11.8. The summed E-state index contributed by atoms with van der Waals surface area (Å²) in [7, 11) is 0. The zero-order chi connectivity index (χ0) is 21.9. The molecule has 0 unspecified atom stereocenters. The first-order valence-corrected chi connectivity index (χ1v) is 10.1. The highest BCUT2D eigenvalue weighted by Crippen LogP contribution is 2.36. The summed E-state index contributed by atoms with van der Waals surface area (Å²) in [6.45, 7) is 5.67. The number of rotatable bonds is 5. The van der Waals surface area contributed by atoms with Crippen molar-refractivity contribution >= 4 is 45.7 Å². The quantitative estimate of drug-likeness (QED) is 0.359. The van der Waals surface area contributed by atoms with Crippen LogP contribution in [0.4, 0.5) is 36.3 Å². The fourth-order valence-corrected chi connectivity index (χ4v) is 2.89. The van der Waals surface area contributed by atoms with Crippen molar-refractivity contribution in [3.8, 4) is 5.75 Å². The zero-order valence-corrected chi connectivity index (χ0v) is 18.7. The van der Waals surface area contributed by atoms with Crippen LogP contribution in [0, 0.1) is 3.57 Å². The number of halogens is 4. The van der Waals surface area contributed by atoms with Gasteiger partial charge in [-0.25, -0.2) is 4.98 Å². The Hall–Kier alpha value is -2.56. The molecule has 9 heteroatoms. The average Bonchev–Trinajstić information content (AvgIpc) is 2.62. The molecule has 0 spiro atoms. The monoisotopic (exact) mass is 528 g/mol. The van der Waals surface area contributed by atoms with Crippen molar-refractivity contribution in [1.29, 1.82) is 0 Å². The van der Waals surface area contributed by atoms with Crippen LogP contribution in [0.5, 0.6) is 5.75 Å². The second-order valence-electron chi connectivity index (χ2n) is 7.45. The third kappa shape index (κ3) is 6.22. The van der Waals surface area contributed by atoms with Gasteiger partial charge in [-0.1, -0.05) is 6.07 Å². The molecular formula is C21H20F3IN4O. The van der Waals surface area contributed by atoms with Gasteiger partial charge in [0.1, 0.15) is 22.7 Å². The molecule has 158 valence electrons. The second kappa shape index (κ2) is 8.66. The number of nitrogens with zero attached hydrogens (tertiary/aromatic N) is 2. The third-order valence-corrected chi connectivity index (χ3v) is 4.43. The first kappa shape index (κ1) is 22.1. The Labute approximate surface area is 186 Å². The largest absolute Gasteiger partial charge is 0.488 e. The van der Waals surface area contributed by atoms with E-state index in [1.54, 1.807) is 36.4 Å². The Balaban J connectivity index is 1.91. The lowest BCUT2D eigenvalue weighted by Crippen LogP contribution is -2.22. The molecule has 1 heterocycles. The summed E-state index contributed by atoms with van der Waals surface area (Å²) >= 11 is 2.16. The number of anilines is 4. The van der Waals surface area contributed by atoms with E-state index >= 15 is 0 Å². The highest BCUT2D eigenvalue weighted by atomic mass is 127. The van der Waals surface area contributed by atoms with Crippen LogP contribution < -0.4 is 15.4 Å². The Morgan fingerprint density at radius 1 is 0.933 bits per heavy atom. The topological polar surface area (TPSA) is 59.1 Å². The lowest BCUT2D eigenvalue weighted by Gasteiger charge is -2.22. The van der Waals surface area contributed by atoms with E-state index in [1.165, 1.54) is 0 Å². The van der Waals surface area contributed by atoms with Gasteiger partial charge in [-0.15, -0.1) is 0 Å². The van der Waals surface area contributed by atoms with Gasteiger partial charge in [0.15, 0.2) is 0 Å². The Kier molecular flexibility index (Phi) is 6.39. The van der Waals surface area contributed by atoms with E-state index in [9.17, 15) is 13.2 Å². The lowest BCUT2D eigenvalue weighted by atomic mass is 10.2. The highest BCUT2D eigenvalue weighted by Gasteiger charge is 2.35. The summed E-state index contributed by atoms with van der Waals surface area (Å²) in [4.78, 5) is 7.88. The van der Waals surface area contributed by atoms with Gasteiger partial charge in [-0.2, -0.15) is 18.2 Å². The van der Waals surface area contributed by atoms with Gasteiger partial charge in [0.05, 0.1) is 0 Å². The minimum atomic E-state index is -4.61. The van der Waals surface area contributed by atoms with Crippen molar-refractivity contribution < 1.29 is 17.9 Å². The molecule has 1 aromatic heterocycles. The molecule has 3 aromatic rings. The van der Waals surface area contributed by atoms with E-state index in [0.29, 0.717) is 17.1 Å². The Bertz CT molecular complexity index is 1020. The van der Waals surface area contributed by atoms with Crippen LogP contribution in [-0.4, -0.2) is 15.6 Å². The molecule has 30 heavy (non-hydrogen) atoms. The lowest BCUT2D eigenvalue weighted by molar-refractivity contribution is -0.137. The number of hydrogen-bond donors (Lipinski definition) is 2. The van der Waals surface area contributed by atoms with Crippen LogP contribution in [0.25, 0.3) is 0 Å². The number of alkyl halides is 3. The summed E-state index contributed by atoms with van der Waals surface area (Å²) in [5.41, 5.74) is -0.310. The van der Waals surface area contributed by atoms with E-state index < -0.39 is 17.3 Å². The predicted octanol–water partition coefficient (Wildman–Crippen LogP) is 6.76. The average molecular weight is 528 g/mol. The molecule has 0 aliphatic carbocycles. The molecule has 0 atom stereocenters. The maximum atomic E-state index is 13.5. The third-order valence-electron chi connectivity index (χ3n) is 3.72. The molecule has 0 saturated heterocycles. The molecule has 2 aromatic carbocycles. The minimum Gasteiger partial charge on any atom is -0.488 e. The number of aromatic nitrogens is 2. The zero-order valence-electron chi connectivity index (χ0n) is 16.5. The van der Waals surface area contributed by atoms with Crippen LogP contribution >= 0.6 is 22.6 Å². The maximum absolute atomic E-state index is 13.5. The maximum Gasteiger partial charge on any atom is 0.421 e. The van der Waals surface area contributed by atoms with Crippen molar-refractivity contribution in [2.24, 2.45) is 0 Å². The molecule has 0 fully saturated rings. The fourth-order valence-electron chi connectivity index (χ4n) is 2.53. The fraction of sp³-hybridized carbons (Fsp3) is 0.238. The first-order chi connectivity index (χ1) is 14.0. The molecule has 0 aliphatic heterocycles. The Morgan fingerprint density at radius 3 is 2.27 bits per heavy atom. The standard InChI is InChI=1S/C21H20F3IN4O/c1-20(2,3)30-16-6-4-5-15(11-16)27-18-17(21(22,23)24)12-26-19(29-18)28-14-9-7-13(25)8-10-14/h4-12H,1-3H3,(H2,26,27,28,29). The van der Waals surface area contributed by atoms with Crippen LogP contribution in [-0.2, 0) is 6.18 Å². The van der Waals surface area contributed by atoms with E-state index in [1.807, 2.05) is 32.9 Å². The Morgan fingerprint density at radius 2 is 1.63 bits per heavy atom. The van der Waals surface area contributed by atoms with Crippen LogP contribution in [0.2, 0.25) is 0 Å². The smallest absolute Gasteiger partial charge is 0.421 e. The van der Waals surface area contributed by atoms with Gasteiger partial charge in [-0.05, 0) is 79.8 Å². The highest BCUT2D eigenvalue weighted by molar-refractivity contribution is 14.1. The van der Waals surface area contributed by atoms with Gasteiger partial charge in [-0.3, -0.25) is 0 Å². The number of hydrogen-bond acceptors (Lipinski definition) is 5. The molecule has 0 aliphatic rings. The van der Waals surface area contributed by atoms with Gasteiger partial charge in [0.25, 0.3) is 0 Å². The van der Waals surface area contributed by atoms with E-state index in [0.717, 1.165) is 9.77 Å². The van der Waals surface area contributed by atoms with Crippen molar-refractivity contribution in [2.75, 3.05) is 10.6 Å². The van der Waals surface area contributed by atoms with Crippen LogP contribution in [0.15, 0.2) is 54.7 Å². The second-order valence-corrected chi connectivity index (χ2v) is 8.70. The molecular weight excluding hydrogens is 508 g/mol. The number of nitrogens with one attached hydrogen (secondary N) is 2. The molecule has 2 N–H and O–H groups in total. The molecule has 3 rings (SSSR count). The van der Waals surface area contributed by atoms with Gasteiger partial charge in [0, 0.05) is 27.2 Å². The van der Waals surface area contributed by atoms with Crippen molar-refractivity contribution in [2.45, 2.75) is 32.5 Å². The summed E-state index contributed by atoms with van der Waals surface area (Å²) in [5, 5.41) is 5.67. The summed E-state index contributed by atoms with van der Waals surface area (Å²) in [6.07, 6.45) is -3.84. The van der Waals surface area contributed by atoms with E-state index in [4.69, 9.17) is 4.74 Å². The van der Waals surface area contributed by atoms with E-state index in [-0.39, 0.29) is 11.8 Å². The minimum absolute atomic E-state index is 0.0498. The SMILES string of the molecule is CC(C)(C)Oc1cccc(Nc2nc(Nc3ccc(I)cc3)ncc2C(F)(F)F)c1. The molecule has 5 nitrogen and oxygen atoms in total. The van der Waals surface area contributed by atoms with Gasteiger partial charge >= 0.3 is 6.18 Å². The predicted molar refractivity (Wildman–Crippen MR) is 120 cm³/mol. The van der Waals surface area contributed by atoms with Crippen molar-refractivity contribution in [1.82, 2.24) is 9.97 Å². The first-order valence-electron chi connectivity index (χ1n) is 9.02. The number of benzene rings is 2. The molecule has 0 saturated carbocycles. The van der Waals surface area contributed by atoms with E-state index in [2.05, 4.69) is 43.2 Å². The van der Waals surface area contributed by atoms with Gasteiger partial charge < -0.3 is 15.4 Å². The van der Waals surface area contributed by atoms with Crippen molar-refractivity contribution in [3.05, 3.63) is 63.9 Å². The summed E-state index contributed by atoms with van der Waals surface area (Å²) in [6, 6.07) is 14.0. The molecule has 0 radical (unpaired) electrons. The van der Waals surface area contributed by atoms with Crippen LogP contribution in [0.3, 0.4) is 0 Å². The van der Waals surface area contributed by atoms with Gasteiger partial charge in [0.2, 0.25) is 5.95 Å². The molecule has 0 bridgehead atoms. The van der Waals surface area contributed by atoms with Crippen LogP contribution in [0.1, 0.15) is 26.3 Å². The van der Waals surface area contributed by atoms with Crippen molar-refractivity contribution in [3.63, 3.8) is 0 Å².